The summed E-state index contributed by atoms with van der Waals surface area (Å²) in [5.74, 6) is -1.09. The number of carbonyl (C=O) groups excluding carboxylic acids is 1. The molecule has 5 rings (SSSR count). The van der Waals surface area contributed by atoms with Crippen molar-refractivity contribution in [3.05, 3.63) is 65.2 Å². The van der Waals surface area contributed by atoms with E-state index in [1.807, 2.05) is 20.0 Å². The van der Waals surface area contributed by atoms with Crippen molar-refractivity contribution in [2.24, 2.45) is 12.1 Å². The minimum absolute atomic E-state index is 0.0496. The first-order valence-corrected chi connectivity index (χ1v) is 11.0. The van der Waals surface area contributed by atoms with Crippen LogP contribution in [0.4, 0.5) is 13.6 Å². The fraction of sp³-hybridized carbons (Fsp3) is 0.292. The van der Waals surface area contributed by atoms with E-state index >= 15 is 0 Å². The van der Waals surface area contributed by atoms with Crippen molar-refractivity contribution in [1.29, 1.82) is 5.26 Å². The zero-order chi connectivity index (χ0) is 24.7. The number of nitrogens with zero attached hydrogens (tertiary/aromatic N) is 7. The van der Waals surface area contributed by atoms with Crippen LogP contribution in [0.15, 0.2) is 41.9 Å². The number of benzene rings is 1. The Morgan fingerprint density at radius 3 is 2.71 bits per heavy atom. The quantitative estimate of drug-likeness (QED) is 0.572. The molecule has 1 atom stereocenters. The summed E-state index contributed by atoms with van der Waals surface area (Å²) in [5.41, 5.74) is 2.73. The highest BCUT2D eigenvalue weighted by Crippen LogP contribution is 2.32. The summed E-state index contributed by atoms with van der Waals surface area (Å²) in [6.07, 6.45) is 4.36. The Morgan fingerprint density at radius 2 is 2.00 bits per heavy atom. The molecule has 2 aliphatic rings. The number of amides is 2. The third-order valence-corrected chi connectivity index (χ3v) is 6.05. The Hall–Kier alpha value is -4.33. The standard InChI is InChI=1S/C24H21F2N7O2/c1-14-23(31(2)13-29-14)20-8-22(19(26)10-28-20)35-18-11-32(12-18)24(34)33-21(3-4-30-33)16-5-15(9-27)6-17(25)7-16/h4-8,10,13,18,21H,3,11-12H2,1-2H3. The van der Waals surface area contributed by atoms with Gasteiger partial charge in [-0.05, 0) is 30.7 Å². The number of hydrogen-bond acceptors (Lipinski definition) is 6. The Morgan fingerprint density at radius 1 is 1.20 bits per heavy atom. The monoisotopic (exact) mass is 477 g/mol. The fourth-order valence-corrected chi connectivity index (χ4v) is 4.29. The van der Waals surface area contributed by atoms with Crippen molar-refractivity contribution in [2.75, 3.05) is 13.1 Å². The number of carbonyl (C=O) groups is 1. The molecule has 0 saturated carbocycles. The number of pyridine rings is 1. The van der Waals surface area contributed by atoms with Gasteiger partial charge >= 0.3 is 6.03 Å². The minimum Gasteiger partial charge on any atom is -0.483 e. The number of hydrogen-bond donors (Lipinski definition) is 0. The van der Waals surface area contributed by atoms with E-state index in [1.165, 1.54) is 22.0 Å². The summed E-state index contributed by atoms with van der Waals surface area (Å²) in [6.45, 7) is 2.33. The molecule has 2 aromatic heterocycles. The number of urea groups is 1. The molecule has 0 bridgehead atoms. The number of aromatic nitrogens is 3. The molecule has 0 radical (unpaired) electrons. The van der Waals surface area contributed by atoms with Gasteiger partial charge in [0.25, 0.3) is 0 Å². The summed E-state index contributed by atoms with van der Waals surface area (Å²) >= 11 is 0. The summed E-state index contributed by atoms with van der Waals surface area (Å²) < 4.78 is 35.9. The van der Waals surface area contributed by atoms with E-state index in [1.54, 1.807) is 23.2 Å². The van der Waals surface area contributed by atoms with Crippen LogP contribution in [0.2, 0.25) is 0 Å². The first-order chi connectivity index (χ1) is 16.8. The summed E-state index contributed by atoms with van der Waals surface area (Å²) in [6, 6.07) is 6.57. The minimum atomic E-state index is -0.595. The molecule has 2 aliphatic heterocycles. The summed E-state index contributed by atoms with van der Waals surface area (Å²) in [5, 5.41) is 14.6. The van der Waals surface area contributed by atoms with Crippen LogP contribution in [0, 0.1) is 29.9 Å². The predicted octanol–water partition coefficient (Wildman–Crippen LogP) is 3.56. The van der Waals surface area contributed by atoms with E-state index in [2.05, 4.69) is 15.1 Å². The Bertz CT molecular complexity index is 1360. The molecule has 3 aromatic rings. The second-order valence-electron chi connectivity index (χ2n) is 8.50. The van der Waals surface area contributed by atoms with Gasteiger partial charge in [-0.2, -0.15) is 10.4 Å². The highest BCUT2D eigenvalue weighted by Gasteiger charge is 2.39. The average Bonchev–Trinajstić information content (AvgIpc) is 3.43. The third-order valence-electron chi connectivity index (χ3n) is 6.05. The van der Waals surface area contributed by atoms with Crippen molar-refractivity contribution < 1.29 is 18.3 Å². The van der Waals surface area contributed by atoms with E-state index in [9.17, 15) is 13.6 Å². The van der Waals surface area contributed by atoms with Crippen LogP contribution in [-0.4, -0.2) is 55.9 Å². The maximum atomic E-state index is 14.4. The van der Waals surface area contributed by atoms with Crippen LogP contribution in [0.25, 0.3) is 11.4 Å². The van der Waals surface area contributed by atoms with Gasteiger partial charge in [-0.1, -0.05) is 0 Å². The molecule has 178 valence electrons. The third kappa shape index (κ3) is 4.19. The highest BCUT2D eigenvalue weighted by atomic mass is 19.1. The average molecular weight is 477 g/mol. The van der Waals surface area contributed by atoms with Crippen molar-refractivity contribution in [2.45, 2.75) is 25.5 Å². The molecular formula is C24H21F2N7O2. The lowest BCUT2D eigenvalue weighted by Crippen LogP contribution is -2.58. The van der Waals surface area contributed by atoms with Crippen molar-refractivity contribution in [3.8, 4) is 23.2 Å². The number of rotatable bonds is 4. The van der Waals surface area contributed by atoms with Crippen LogP contribution in [-0.2, 0) is 7.05 Å². The molecule has 1 fully saturated rings. The molecule has 1 unspecified atom stereocenters. The lowest BCUT2D eigenvalue weighted by atomic mass is 10.0. The first kappa shape index (κ1) is 22.5. The van der Waals surface area contributed by atoms with Crippen LogP contribution in [0.5, 0.6) is 5.75 Å². The van der Waals surface area contributed by atoms with Gasteiger partial charge in [-0.15, -0.1) is 0 Å². The molecule has 0 N–H and O–H groups in total. The number of nitriles is 1. The number of ether oxygens (including phenoxy) is 1. The molecule has 2 amide bonds. The molecule has 4 heterocycles. The predicted molar refractivity (Wildman–Crippen MR) is 121 cm³/mol. The second-order valence-corrected chi connectivity index (χ2v) is 8.50. The molecule has 0 spiro atoms. The Labute approximate surface area is 199 Å². The van der Waals surface area contributed by atoms with Gasteiger partial charge in [0.15, 0.2) is 11.6 Å². The van der Waals surface area contributed by atoms with Gasteiger partial charge in [-0.25, -0.2) is 23.6 Å². The van der Waals surface area contributed by atoms with Gasteiger partial charge in [0.05, 0.1) is 60.4 Å². The summed E-state index contributed by atoms with van der Waals surface area (Å²) in [4.78, 5) is 22.9. The van der Waals surface area contributed by atoms with Crippen LogP contribution >= 0.6 is 0 Å². The van der Waals surface area contributed by atoms with E-state index < -0.39 is 23.8 Å². The topological polar surface area (TPSA) is 99.6 Å². The fourth-order valence-electron chi connectivity index (χ4n) is 4.29. The van der Waals surface area contributed by atoms with Crippen molar-refractivity contribution in [3.63, 3.8) is 0 Å². The molecule has 11 heteroatoms. The normalized spacial score (nSPS) is 17.4. The largest absolute Gasteiger partial charge is 0.483 e. The highest BCUT2D eigenvalue weighted by molar-refractivity contribution is 5.79. The number of likely N-dealkylation sites (tertiary alicyclic amines) is 1. The van der Waals surface area contributed by atoms with Crippen molar-refractivity contribution >= 4 is 12.2 Å². The second kappa shape index (κ2) is 8.79. The van der Waals surface area contributed by atoms with Crippen molar-refractivity contribution in [1.82, 2.24) is 24.4 Å². The molecule has 0 aliphatic carbocycles. The maximum absolute atomic E-state index is 14.4. The smallest absolute Gasteiger partial charge is 0.341 e. The summed E-state index contributed by atoms with van der Waals surface area (Å²) in [7, 11) is 1.83. The van der Waals surface area contributed by atoms with Crippen LogP contribution < -0.4 is 4.74 Å². The zero-order valence-corrected chi connectivity index (χ0v) is 19.0. The van der Waals surface area contributed by atoms with Gasteiger partial charge in [0, 0.05) is 25.7 Å². The van der Waals surface area contributed by atoms with Gasteiger partial charge in [0.2, 0.25) is 0 Å². The van der Waals surface area contributed by atoms with Crippen LogP contribution in [0.3, 0.4) is 0 Å². The first-order valence-electron chi connectivity index (χ1n) is 11.0. The number of imidazole rings is 1. The van der Waals surface area contributed by atoms with E-state index in [0.717, 1.165) is 23.7 Å². The zero-order valence-electron chi connectivity index (χ0n) is 19.0. The Kier molecular flexibility index (Phi) is 5.64. The van der Waals surface area contributed by atoms with Gasteiger partial charge < -0.3 is 14.2 Å². The Balaban J connectivity index is 1.25. The van der Waals surface area contributed by atoms with E-state index in [-0.39, 0.29) is 30.4 Å². The molecule has 1 aromatic carbocycles. The lowest BCUT2D eigenvalue weighted by Gasteiger charge is -2.41. The van der Waals surface area contributed by atoms with E-state index in [4.69, 9.17) is 10.00 Å². The number of aryl methyl sites for hydroxylation is 2. The number of halogens is 2. The number of hydrazone groups is 1. The molecule has 1 saturated heterocycles. The lowest BCUT2D eigenvalue weighted by molar-refractivity contribution is 0.0257. The maximum Gasteiger partial charge on any atom is 0.341 e. The van der Waals surface area contributed by atoms with E-state index in [0.29, 0.717) is 17.7 Å². The molecular weight excluding hydrogens is 456 g/mol. The van der Waals surface area contributed by atoms with Gasteiger partial charge in [-0.3, -0.25) is 4.98 Å². The van der Waals surface area contributed by atoms with Crippen LogP contribution in [0.1, 0.15) is 29.3 Å². The molecule has 9 nitrogen and oxygen atoms in total. The van der Waals surface area contributed by atoms with Gasteiger partial charge in [0.1, 0.15) is 11.9 Å². The molecule has 35 heavy (non-hydrogen) atoms. The SMILES string of the molecule is Cc1ncn(C)c1-c1cc(OC2CN(C(=O)N3N=CCC3c3cc(F)cc(C#N)c3)C2)c(F)cn1.